The molecule has 0 aliphatic carbocycles. The van der Waals surface area contributed by atoms with Gasteiger partial charge in [0.1, 0.15) is 15.0 Å². The first-order valence-corrected chi connectivity index (χ1v) is 6.85. The Labute approximate surface area is 114 Å². The molecule has 0 amide bonds. The average molecular weight is 278 g/mol. The van der Waals surface area contributed by atoms with Gasteiger partial charge >= 0.3 is 0 Å². The normalized spacial score (nSPS) is 11.3. The second-order valence-electron chi connectivity index (χ2n) is 4.36. The van der Waals surface area contributed by atoms with Gasteiger partial charge in [0.05, 0.1) is 12.7 Å². The quantitative estimate of drug-likeness (QED) is 0.713. The van der Waals surface area contributed by atoms with Crippen LogP contribution in [0.25, 0.3) is 11.0 Å². The van der Waals surface area contributed by atoms with Crippen LogP contribution in [0.4, 0.5) is 0 Å². The Kier molecular flexibility index (Phi) is 2.84. The highest BCUT2D eigenvalue weighted by Crippen LogP contribution is 2.23. The highest BCUT2D eigenvalue weighted by atomic mass is 35.5. The standard InChI is InChI=1S/C13H12ClN3S/c1-8-3-10-4-9(2)17(13(10)16-5-8)7-12-15-6-11(14)18-12/h3-6H,7H2,1-2H3. The Morgan fingerprint density at radius 3 is 2.78 bits per heavy atom. The Bertz CT molecular complexity index is 714. The van der Waals surface area contributed by atoms with E-state index < -0.39 is 0 Å². The van der Waals surface area contributed by atoms with Crippen LogP contribution in [0.15, 0.2) is 24.5 Å². The number of aryl methyl sites for hydroxylation is 2. The van der Waals surface area contributed by atoms with Gasteiger partial charge in [-0.05, 0) is 31.5 Å². The van der Waals surface area contributed by atoms with Crippen LogP contribution >= 0.6 is 22.9 Å². The van der Waals surface area contributed by atoms with Crippen molar-refractivity contribution in [1.29, 1.82) is 0 Å². The van der Waals surface area contributed by atoms with Crippen molar-refractivity contribution in [2.45, 2.75) is 20.4 Å². The van der Waals surface area contributed by atoms with Crippen LogP contribution in [0.5, 0.6) is 0 Å². The molecule has 0 saturated heterocycles. The number of fused-ring (bicyclic) bond motifs is 1. The largest absolute Gasteiger partial charge is 0.323 e. The molecule has 3 aromatic heterocycles. The minimum atomic E-state index is 0.725. The molecule has 0 unspecified atom stereocenters. The van der Waals surface area contributed by atoms with Crippen molar-refractivity contribution in [1.82, 2.24) is 14.5 Å². The predicted molar refractivity (Wildman–Crippen MR) is 75.4 cm³/mol. The van der Waals surface area contributed by atoms with E-state index in [1.54, 1.807) is 6.20 Å². The highest BCUT2D eigenvalue weighted by Gasteiger charge is 2.09. The molecule has 18 heavy (non-hydrogen) atoms. The molecule has 3 nitrogen and oxygen atoms in total. The summed E-state index contributed by atoms with van der Waals surface area (Å²) < 4.78 is 2.90. The van der Waals surface area contributed by atoms with Gasteiger partial charge in [-0.3, -0.25) is 0 Å². The molecule has 0 radical (unpaired) electrons. The summed E-state index contributed by atoms with van der Waals surface area (Å²) in [5, 5.41) is 2.18. The molecule has 0 bridgehead atoms. The van der Waals surface area contributed by atoms with Crippen molar-refractivity contribution < 1.29 is 0 Å². The maximum atomic E-state index is 5.91. The van der Waals surface area contributed by atoms with E-state index in [-0.39, 0.29) is 0 Å². The Balaban J connectivity index is 2.08. The van der Waals surface area contributed by atoms with Gasteiger partial charge in [0, 0.05) is 17.3 Å². The van der Waals surface area contributed by atoms with Crippen molar-refractivity contribution in [3.05, 3.63) is 45.1 Å². The molecule has 5 heteroatoms. The van der Waals surface area contributed by atoms with E-state index in [9.17, 15) is 0 Å². The molecule has 0 aliphatic rings. The Hall–Kier alpha value is -1.39. The van der Waals surface area contributed by atoms with E-state index in [2.05, 4.69) is 40.5 Å². The second kappa shape index (κ2) is 4.37. The fourth-order valence-corrected chi connectivity index (χ4v) is 3.03. The number of hydrogen-bond acceptors (Lipinski definition) is 3. The maximum Gasteiger partial charge on any atom is 0.140 e. The van der Waals surface area contributed by atoms with Crippen LogP contribution in [0, 0.1) is 13.8 Å². The van der Waals surface area contributed by atoms with Crippen LogP contribution in [0.1, 0.15) is 16.3 Å². The molecule has 0 aromatic carbocycles. The third-order valence-electron chi connectivity index (χ3n) is 2.90. The Morgan fingerprint density at radius 1 is 1.22 bits per heavy atom. The summed E-state index contributed by atoms with van der Waals surface area (Å²) in [5.74, 6) is 0. The van der Waals surface area contributed by atoms with Gasteiger partial charge < -0.3 is 4.57 Å². The van der Waals surface area contributed by atoms with E-state index in [4.69, 9.17) is 11.6 Å². The highest BCUT2D eigenvalue weighted by molar-refractivity contribution is 7.15. The van der Waals surface area contributed by atoms with Crippen LogP contribution < -0.4 is 0 Å². The third kappa shape index (κ3) is 2.02. The zero-order valence-electron chi connectivity index (χ0n) is 10.1. The summed E-state index contributed by atoms with van der Waals surface area (Å²) in [5.41, 5.74) is 3.37. The SMILES string of the molecule is Cc1cnc2c(c1)cc(C)n2Cc1ncc(Cl)s1. The molecule has 3 aromatic rings. The summed E-state index contributed by atoms with van der Waals surface area (Å²) in [6, 6.07) is 4.31. The topological polar surface area (TPSA) is 30.7 Å². The molecule has 0 aliphatic heterocycles. The van der Waals surface area contributed by atoms with Gasteiger partial charge in [0.2, 0.25) is 0 Å². The van der Waals surface area contributed by atoms with E-state index in [1.807, 2.05) is 6.20 Å². The van der Waals surface area contributed by atoms with E-state index in [1.165, 1.54) is 28.0 Å². The van der Waals surface area contributed by atoms with Gasteiger partial charge in [-0.25, -0.2) is 9.97 Å². The van der Waals surface area contributed by atoms with E-state index >= 15 is 0 Å². The number of nitrogens with zero attached hydrogens (tertiary/aromatic N) is 3. The number of aromatic nitrogens is 3. The Morgan fingerprint density at radius 2 is 2.06 bits per heavy atom. The zero-order chi connectivity index (χ0) is 12.7. The van der Waals surface area contributed by atoms with Crippen LogP contribution in [-0.4, -0.2) is 14.5 Å². The number of pyridine rings is 1. The van der Waals surface area contributed by atoms with Crippen molar-refractivity contribution in [3.63, 3.8) is 0 Å². The van der Waals surface area contributed by atoms with Crippen LogP contribution in [-0.2, 0) is 6.54 Å². The van der Waals surface area contributed by atoms with E-state index in [0.29, 0.717) is 0 Å². The molecule has 0 saturated carbocycles. The van der Waals surface area contributed by atoms with Crippen molar-refractivity contribution >= 4 is 34.0 Å². The molecule has 3 rings (SSSR count). The zero-order valence-corrected chi connectivity index (χ0v) is 11.7. The molecular formula is C13H12ClN3S. The van der Waals surface area contributed by atoms with Crippen molar-refractivity contribution in [3.8, 4) is 0 Å². The monoisotopic (exact) mass is 277 g/mol. The lowest BCUT2D eigenvalue weighted by Gasteiger charge is -2.04. The first-order valence-electron chi connectivity index (χ1n) is 5.66. The molecule has 92 valence electrons. The molecule has 3 heterocycles. The van der Waals surface area contributed by atoms with Crippen molar-refractivity contribution in [2.75, 3.05) is 0 Å². The fraction of sp³-hybridized carbons (Fsp3) is 0.231. The molecule has 0 atom stereocenters. The maximum absolute atomic E-state index is 5.91. The summed E-state index contributed by atoms with van der Waals surface area (Å²) in [6.45, 7) is 4.87. The lowest BCUT2D eigenvalue weighted by molar-refractivity contribution is 0.788. The fourth-order valence-electron chi connectivity index (χ4n) is 2.08. The van der Waals surface area contributed by atoms with Crippen LogP contribution in [0.3, 0.4) is 0 Å². The minimum absolute atomic E-state index is 0.725. The van der Waals surface area contributed by atoms with Gasteiger partial charge in [-0.2, -0.15) is 0 Å². The molecule has 0 spiro atoms. The second-order valence-corrected chi connectivity index (χ2v) is 6.10. The summed E-state index contributed by atoms with van der Waals surface area (Å²) in [7, 11) is 0. The number of rotatable bonds is 2. The summed E-state index contributed by atoms with van der Waals surface area (Å²) in [6.07, 6.45) is 3.59. The van der Waals surface area contributed by atoms with Gasteiger partial charge in [0.15, 0.2) is 0 Å². The van der Waals surface area contributed by atoms with Gasteiger partial charge in [-0.15, -0.1) is 11.3 Å². The summed E-state index contributed by atoms with van der Waals surface area (Å²) >= 11 is 7.42. The minimum Gasteiger partial charge on any atom is -0.323 e. The predicted octanol–water partition coefficient (Wildman–Crippen LogP) is 3.81. The van der Waals surface area contributed by atoms with Gasteiger partial charge in [0.25, 0.3) is 0 Å². The molecule has 0 N–H and O–H groups in total. The lowest BCUT2D eigenvalue weighted by atomic mass is 10.2. The first kappa shape index (κ1) is 11.7. The summed E-state index contributed by atoms with van der Waals surface area (Å²) in [4.78, 5) is 8.81. The average Bonchev–Trinajstić information content (AvgIpc) is 2.84. The van der Waals surface area contributed by atoms with E-state index in [0.717, 1.165) is 21.5 Å². The van der Waals surface area contributed by atoms with Crippen molar-refractivity contribution in [2.24, 2.45) is 0 Å². The first-order chi connectivity index (χ1) is 8.63. The molecular weight excluding hydrogens is 266 g/mol. The van der Waals surface area contributed by atoms with Crippen LogP contribution in [0.2, 0.25) is 4.34 Å². The number of halogens is 1. The lowest BCUT2D eigenvalue weighted by Crippen LogP contribution is -2.02. The third-order valence-corrected chi connectivity index (χ3v) is 4.00. The number of thiazole rings is 1. The molecule has 0 fully saturated rings. The number of hydrogen-bond donors (Lipinski definition) is 0. The smallest absolute Gasteiger partial charge is 0.140 e. The van der Waals surface area contributed by atoms with Gasteiger partial charge in [-0.1, -0.05) is 11.6 Å².